The minimum absolute atomic E-state index is 0.0130. The molecule has 0 aromatic heterocycles. The molecule has 2 aliphatic rings. The highest BCUT2D eigenvalue weighted by Gasteiger charge is 2.51. The SMILES string of the molecule is COc1ccc(S(=O)(=O)N2CC(=O)N(c3ccc(C)c(F)c3)C(C)(C(=O)NC3CCCCC3)C2)cc1. The van der Waals surface area contributed by atoms with Crippen molar-refractivity contribution in [2.75, 3.05) is 25.1 Å². The van der Waals surface area contributed by atoms with Crippen LogP contribution in [0.3, 0.4) is 0 Å². The van der Waals surface area contributed by atoms with Crippen LogP contribution in [0.5, 0.6) is 5.75 Å². The molecule has 36 heavy (non-hydrogen) atoms. The highest BCUT2D eigenvalue weighted by Crippen LogP contribution is 2.34. The average molecular weight is 518 g/mol. The second-order valence-corrected chi connectivity index (χ2v) is 11.6. The standard InChI is InChI=1S/C26H32FN3O5S/c1-18-9-10-20(15-23(18)27)30-24(31)16-29(36(33,34)22-13-11-21(35-3)12-14-22)17-26(30,2)25(32)28-19-7-5-4-6-8-19/h9-15,19H,4-8,16-17H2,1-3H3,(H,28,32). The molecule has 2 fully saturated rings. The number of nitrogens with zero attached hydrogens (tertiary/aromatic N) is 2. The molecule has 1 aliphatic carbocycles. The largest absolute Gasteiger partial charge is 0.497 e. The van der Waals surface area contributed by atoms with Gasteiger partial charge in [-0.15, -0.1) is 0 Å². The molecule has 0 bridgehead atoms. The normalized spacial score (nSPS) is 21.9. The number of piperazine rings is 1. The van der Waals surface area contributed by atoms with Crippen LogP contribution in [-0.2, 0) is 19.6 Å². The number of carbonyl (C=O) groups is 2. The molecule has 0 radical (unpaired) electrons. The average Bonchev–Trinajstić information content (AvgIpc) is 2.86. The highest BCUT2D eigenvalue weighted by atomic mass is 32.2. The first-order valence-corrected chi connectivity index (χ1v) is 13.5. The summed E-state index contributed by atoms with van der Waals surface area (Å²) in [6.07, 6.45) is 4.73. The Bertz CT molecular complexity index is 1240. The third-order valence-electron chi connectivity index (χ3n) is 7.08. The van der Waals surface area contributed by atoms with Gasteiger partial charge in [-0.2, -0.15) is 4.31 Å². The van der Waals surface area contributed by atoms with E-state index in [1.165, 1.54) is 55.3 Å². The highest BCUT2D eigenvalue weighted by molar-refractivity contribution is 7.89. The minimum atomic E-state index is -4.10. The smallest absolute Gasteiger partial charge is 0.247 e. The van der Waals surface area contributed by atoms with Gasteiger partial charge in [0.25, 0.3) is 0 Å². The molecule has 1 saturated carbocycles. The maximum absolute atomic E-state index is 14.5. The number of hydrogen-bond acceptors (Lipinski definition) is 5. The lowest BCUT2D eigenvalue weighted by Crippen LogP contribution is -2.70. The summed E-state index contributed by atoms with van der Waals surface area (Å²) in [7, 11) is -2.62. The number of sulfonamides is 1. The molecule has 2 aromatic rings. The topological polar surface area (TPSA) is 96.0 Å². The molecule has 1 heterocycles. The van der Waals surface area contributed by atoms with Gasteiger partial charge >= 0.3 is 0 Å². The van der Waals surface area contributed by atoms with E-state index in [0.29, 0.717) is 11.3 Å². The van der Waals surface area contributed by atoms with Crippen LogP contribution in [-0.4, -0.2) is 56.3 Å². The Balaban J connectivity index is 1.72. The molecule has 1 atom stereocenters. The van der Waals surface area contributed by atoms with Crippen LogP contribution in [0.2, 0.25) is 0 Å². The number of hydrogen-bond donors (Lipinski definition) is 1. The Hall–Kier alpha value is -2.98. The molecule has 1 aliphatic heterocycles. The van der Waals surface area contributed by atoms with Crippen LogP contribution < -0.4 is 15.0 Å². The Morgan fingerprint density at radius 1 is 1.11 bits per heavy atom. The molecule has 4 rings (SSSR count). The minimum Gasteiger partial charge on any atom is -0.497 e. The molecule has 1 saturated heterocycles. The number of ether oxygens (including phenoxy) is 1. The summed E-state index contributed by atoms with van der Waals surface area (Å²) >= 11 is 0. The first kappa shape index (κ1) is 26.1. The third-order valence-corrected chi connectivity index (χ3v) is 8.89. The van der Waals surface area contributed by atoms with Crippen molar-refractivity contribution in [3.05, 3.63) is 53.8 Å². The number of nitrogens with one attached hydrogen (secondary N) is 1. The van der Waals surface area contributed by atoms with E-state index in [-0.39, 0.29) is 23.2 Å². The van der Waals surface area contributed by atoms with E-state index in [0.717, 1.165) is 36.4 Å². The van der Waals surface area contributed by atoms with Crippen molar-refractivity contribution in [2.24, 2.45) is 0 Å². The molecule has 1 unspecified atom stereocenters. The van der Waals surface area contributed by atoms with Crippen LogP contribution in [0.15, 0.2) is 47.4 Å². The summed E-state index contributed by atoms with van der Waals surface area (Å²) in [5, 5.41) is 3.04. The van der Waals surface area contributed by atoms with E-state index in [4.69, 9.17) is 4.74 Å². The Kier molecular flexibility index (Phi) is 7.38. The maximum Gasteiger partial charge on any atom is 0.247 e. The lowest BCUT2D eigenvalue weighted by molar-refractivity contribution is -0.133. The van der Waals surface area contributed by atoms with Crippen LogP contribution in [0.25, 0.3) is 0 Å². The van der Waals surface area contributed by atoms with Gasteiger partial charge < -0.3 is 10.1 Å². The van der Waals surface area contributed by atoms with E-state index in [9.17, 15) is 22.4 Å². The lowest BCUT2D eigenvalue weighted by atomic mass is 9.91. The van der Waals surface area contributed by atoms with E-state index in [2.05, 4.69) is 5.32 Å². The number of benzene rings is 2. The van der Waals surface area contributed by atoms with Gasteiger partial charge in [-0.1, -0.05) is 25.3 Å². The molecule has 2 aromatic carbocycles. The Morgan fingerprint density at radius 3 is 2.39 bits per heavy atom. The second kappa shape index (κ2) is 10.2. The molecule has 10 heteroatoms. The van der Waals surface area contributed by atoms with Crippen molar-refractivity contribution in [1.29, 1.82) is 0 Å². The number of carbonyl (C=O) groups excluding carboxylic acids is 2. The lowest BCUT2D eigenvalue weighted by Gasteiger charge is -2.47. The van der Waals surface area contributed by atoms with Crippen molar-refractivity contribution in [2.45, 2.75) is 62.4 Å². The molecule has 2 amide bonds. The Morgan fingerprint density at radius 2 is 1.78 bits per heavy atom. The van der Waals surface area contributed by atoms with Crippen LogP contribution >= 0.6 is 0 Å². The van der Waals surface area contributed by atoms with E-state index < -0.39 is 39.7 Å². The van der Waals surface area contributed by atoms with Gasteiger partial charge in [0.15, 0.2) is 0 Å². The van der Waals surface area contributed by atoms with Crippen LogP contribution in [0, 0.1) is 12.7 Å². The van der Waals surface area contributed by atoms with Gasteiger partial charge in [-0.3, -0.25) is 14.5 Å². The summed E-state index contributed by atoms with van der Waals surface area (Å²) in [5.41, 5.74) is -0.972. The summed E-state index contributed by atoms with van der Waals surface area (Å²) in [6.45, 7) is 2.39. The van der Waals surface area contributed by atoms with Crippen LogP contribution in [0.1, 0.15) is 44.6 Å². The summed E-state index contributed by atoms with van der Waals surface area (Å²) in [6, 6.07) is 10.1. The van der Waals surface area contributed by atoms with E-state index >= 15 is 0 Å². The number of halogens is 1. The predicted molar refractivity (Wildman–Crippen MR) is 134 cm³/mol. The van der Waals surface area contributed by atoms with E-state index in [1.54, 1.807) is 13.0 Å². The fraction of sp³-hybridized carbons (Fsp3) is 0.462. The van der Waals surface area contributed by atoms with Gasteiger partial charge in [0.2, 0.25) is 21.8 Å². The fourth-order valence-corrected chi connectivity index (χ4v) is 6.42. The predicted octanol–water partition coefficient (Wildman–Crippen LogP) is 3.39. The van der Waals surface area contributed by atoms with Gasteiger partial charge in [0.1, 0.15) is 17.1 Å². The van der Waals surface area contributed by atoms with Gasteiger partial charge in [-0.05, 0) is 68.7 Å². The zero-order valence-corrected chi connectivity index (χ0v) is 21.6. The van der Waals surface area contributed by atoms with E-state index in [1.807, 2.05) is 0 Å². The van der Waals surface area contributed by atoms with Gasteiger partial charge in [-0.25, -0.2) is 12.8 Å². The molecular formula is C26H32FN3O5S. The zero-order valence-electron chi connectivity index (χ0n) is 20.8. The number of rotatable bonds is 6. The number of aryl methyl sites for hydroxylation is 1. The summed E-state index contributed by atoms with van der Waals surface area (Å²) < 4.78 is 47.6. The van der Waals surface area contributed by atoms with Crippen LogP contribution in [0.4, 0.5) is 10.1 Å². The zero-order chi connectivity index (χ0) is 26.1. The molecule has 0 spiro atoms. The molecule has 194 valence electrons. The Labute approximate surface area is 211 Å². The number of anilines is 1. The van der Waals surface area contributed by atoms with Crippen molar-refractivity contribution in [3.8, 4) is 5.75 Å². The summed E-state index contributed by atoms with van der Waals surface area (Å²) in [5.74, 6) is -1.09. The quantitative estimate of drug-likeness (QED) is 0.634. The first-order chi connectivity index (χ1) is 17.1. The van der Waals surface area contributed by atoms with Gasteiger partial charge in [0, 0.05) is 18.3 Å². The van der Waals surface area contributed by atoms with Crippen molar-refractivity contribution < 1.29 is 27.1 Å². The first-order valence-electron chi connectivity index (χ1n) is 12.1. The maximum atomic E-state index is 14.5. The van der Waals surface area contributed by atoms with Gasteiger partial charge in [0.05, 0.1) is 18.6 Å². The second-order valence-electron chi connectivity index (χ2n) is 9.69. The number of methoxy groups -OCH3 is 1. The molecular weight excluding hydrogens is 485 g/mol. The van der Waals surface area contributed by atoms with Crippen molar-refractivity contribution in [3.63, 3.8) is 0 Å². The third kappa shape index (κ3) is 4.97. The molecule has 8 nitrogen and oxygen atoms in total. The summed E-state index contributed by atoms with van der Waals surface area (Å²) in [4.78, 5) is 28.4. The number of amides is 2. The molecule has 1 N–H and O–H groups in total. The van der Waals surface area contributed by atoms with Crippen molar-refractivity contribution >= 4 is 27.5 Å². The monoisotopic (exact) mass is 517 g/mol. The fourth-order valence-electron chi connectivity index (χ4n) is 4.94. The van der Waals surface area contributed by atoms with Crippen molar-refractivity contribution in [1.82, 2.24) is 9.62 Å².